The predicted octanol–water partition coefficient (Wildman–Crippen LogP) is 4.27. The lowest BCUT2D eigenvalue weighted by Crippen LogP contribution is -2.40. The van der Waals surface area contributed by atoms with Gasteiger partial charge in [0.25, 0.3) is 5.91 Å². The Hall–Kier alpha value is -1.36. The summed E-state index contributed by atoms with van der Waals surface area (Å²) < 4.78 is 0. The Labute approximate surface area is 168 Å². The van der Waals surface area contributed by atoms with Gasteiger partial charge >= 0.3 is 0 Å². The SMILES string of the molecule is CNCC1CCN(C(=O)c2cc(C(C)C)nc3ccccc23)CC1.Cl.Cl. The van der Waals surface area contributed by atoms with Crippen molar-refractivity contribution in [3.8, 4) is 0 Å². The van der Waals surface area contributed by atoms with Crippen molar-refractivity contribution in [2.45, 2.75) is 32.6 Å². The van der Waals surface area contributed by atoms with Crippen molar-refractivity contribution in [2.75, 3.05) is 26.7 Å². The summed E-state index contributed by atoms with van der Waals surface area (Å²) in [5, 5.41) is 4.21. The summed E-state index contributed by atoms with van der Waals surface area (Å²) in [5.74, 6) is 1.14. The third kappa shape index (κ3) is 4.87. The van der Waals surface area contributed by atoms with Crippen LogP contribution in [0, 0.1) is 5.92 Å². The molecule has 0 atom stereocenters. The van der Waals surface area contributed by atoms with E-state index in [4.69, 9.17) is 4.98 Å². The molecule has 1 aromatic heterocycles. The van der Waals surface area contributed by atoms with E-state index in [1.807, 2.05) is 42.3 Å². The van der Waals surface area contributed by atoms with Crippen molar-refractivity contribution >= 4 is 41.6 Å². The van der Waals surface area contributed by atoms with Gasteiger partial charge < -0.3 is 10.2 Å². The quantitative estimate of drug-likeness (QED) is 0.837. The standard InChI is InChI=1S/C20H27N3O.2ClH/c1-14(2)19-12-17(16-6-4-5-7-18(16)22-19)20(24)23-10-8-15(9-11-23)13-21-3;;/h4-7,12,14-15,21H,8-11,13H2,1-3H3;2*1H. The Morgan fingerprint density at radius 3 is 2.50 bits per heavy atom. The number of fused-ring (bicyclic) bond motifs is 1. The Kier molecular flexibility index (Phi) is 8.81. The first-order valence-electron chi connectivity index (χ1n) is 8.93. The summed E-state index contributed by atoms with van der Waals surface area (Å²) in [7, 11) is 1.99. The highest BCUT2D eigenvalue weighted by molar-refractivity contribution is 6.06. The van der Waals surface area contributed by atoms with Gasteiger partial charge in [-0.05, 0) is 50.4 Å². The maximum absolute atomic E-state index is 13.1. The van der Waals surface area contributed by atoms with Crippen LogP contribution in [0.4, 0.5) is 0 Å². The topological polar surface area (TPSA) is 45.2 Å². The lowest BCUT2D eigenvalue weighted by atomic mass is 9.95. The molecule has 1 aromatic carbocycles. The molecule has 3 rings (SSSR count). The molecular weight excluding hydrogens is 369 g/mol. The van der Waals surface area contributed by atoms with Gasteiger partial charge in [0.2, 0.25) is 0 Å². The number of carbonyl (C=O) groups is 1. The van der Waals surface area contributed by atoms with E-state index in [0.29, 0.717) is 11.8 Å². The van der Waals surface area contributed by atoms with Gasteiger partial charge in [0.15, 0.2) is 0 Å². The largest absolute Gasteiger partial charge is 0.339 e. The minimum Gasteiger partial charge on any atom is -0.339 e. The van der Waals surface area contributed by atoms with E-state index in [2.05, 4.69) is 19.2 Å². The van der Waals surface area contributed by atoms with Gasteiger partial charge in [-0.15, -0.1) is 24.8 Å². The van der Waals surface area contributed by atoms with E-state index >= 15 is 0 Å². The maximum Gasteiger partial charge on any atom is 0.254 e. The van der Waals surface area contributed by atoms with E-state index in [1.54, 1.807) is 0 Å². The van der Waals surface area contributed by atoms with Crippen molar-refractivity contribution in [2.24, 2.45) is 5.92 Å². The maximum atomic E-state index is 13.1. The zero-order valence-electron chi connectivity index (χ0n) is 15.7. The summed E-state index contributed by atoms with van der Waals surface area (Å²) >= 11 is 0. The molecule has 2 heterocycles. The molecule has 1 fully saturated rings. The highest BCUT2D eigenvalue weighted by Gasteiger charge is 2.25. The van der Waals surface area contributed by atoms with Gasteiger partial charge in [-0.1, -0.05) is 32.0 Å². The number of carbonyl (C=O) groups excluding carboxylic acids is 1. The zero-order valence-corrected chi connectivity index (χ0v) is 17.3. The van der Waals surface area contributed by atoms with Gasteiger partial charge in [0.1, 0.15) is 0 Å². The monoisotopic (exact) mass is 397 g/mol. The molecule has 4 nitrogen and oxygen atoms in total. The molecule has 0 bridgehead atoms. The normalized spacial score (nSPS) is 14.8. The molecular formula is C20H29Cl2N3O. The molecule has 26 heavy (non-hydrogen) atoms. The first-order chi connectivity index (χ1) is 11.6. The summed E-state index contributed by atoms with van der Waals surface area (Å²) in [6, 6.07) is 9.96. The molecule has 0 spiro atoms. The number of nitrogens with one attached hydrogen (secondary N) is 1. The van der Waals surface area contributed by atoms with Crippen LogP contribution in [0.1, 0.15) is 48.7 Å². The lowest BCUT2D eigenvalue weighted by Gasteiger charge is -2.32. The first kappa shape index (κ1) is 22.7. The Bertz CT molecular complexity index is 728. The molecule has 2 aromatic rings. The molecule has 144 valence electrons. The predicted molar refractivity (Wildman–Crippen MR) is 113 cm³/mol. The number of nitrogens with zero attached hydrogens (tertiary/aromatic N) is 2. The molecule has 1 saturated heterocycles. The molecule has 6 heteroatoms. The number of rotatable bonds is 4. The van der Waals surface area contributed by atoms with Crippen LogP contribution in [-0.2, 0) is 0 Å². The minimum atomic E-state index is 0. The fourth-order valence-electron chi connectivity index (χ4n) is 3.47. The van der Waals surface area contributed by atoms with Crippen molar-refractivity contribution in [3.05, 3.63) is 41.6 Å². The van der Waals surface area contributed by atoms with Crippen molar-refractivity contribution < 1.29 is 4.79 Å². The number of pyridine rings is 1. The minimum absolute atomic E-state index is 0. The van der Waals surface area contributed by atoms with E-state index in [-0.39, 0.29) is 30.7 Å². The van der Waals surface area contributed by atoms with Crippen molar-refractivity contribution in [1.82, 2.24) is 15.2 Å². The van der Waals surface area contributed by atoms with E-state index < -0.39 is 0 Å². The number of likely N-dealkylation sites (tertiary alicyclic amines) is 1. The fourth-order valence-corrected chi connectivity index (χ4v) is 3.47. The molecule has 0 saturated carbocycles. The van der Waals surface area contributed by atoms with Crippen LogP contribution in [-0.4, -0.2) is 42.5 Å². The summed E-state index contributed by atoms with van der Waals surface area (Å²) in [6.07, 6.45) is 2.15. The van der Waals surface area contributed by atoms with Crippen LogP contribution in [0.3, 0.4) is 0 Å². The molecule has 0 unspecified atom stereocenters. The molecule has 1 amide bonds. The summed E-state index contributed by atoms with van der Waals surface area (Å²) in [6.45, 7) is 6.97. The molecule has 0 aliphatic carbocycles. The number of amides is 1. The summed E-state index contributed by atoms with van der Waals surface area (Å²) in [5.41, 5.74) is 2.70. The van der Waals surface area contributed by atoms with Crippen molar-refractivity contribution in [3.63, 3.8) is 0 Å². The lowest BCUT2D eigenvalue weighted by molar-refractivity contribution is 0.0692. The first-order valence-corrected chi connectivity index (χ1v) is 8.93. The number of benzene rings is 1. The smallest absolute Gasteiger partial charge is 0.254 e. The van der Waals surface area contributed by atoms with E-state index in [1.165, 1.54) is 0 Å². The Balaban J connectivity index is 0.00000169. The molecule has 1 aliphatic rings. The van der Waals surface area contributed by atoms with Gasteiger partial charge in [-0.3, -0.25) is 9.78 Å². The average molecular weight is 398 g/mol. The van der Waals surface area contributed by atoms with Gasteiger partial charge in [0, 0.05) is 24.2 Å². The third-order valence-corrected chi connectivity index (χ3v) is 4.95. The molecule has 1 N–H and O–H groups in total. The molecule has 0 radical (unpaired) electrons. The number of halogens is 2. The van der Waals surface area contributed by atoms with Gasteiger partial charge in [0.05, 0.1) is 11.1 Å². The van der Waals surface area contributed by atoms with Gasteiger partial charge in [-0.2, -0.15) is 0 Å². The zero-order chi connectivity index (χ0) is 17.1. The second-order valence-electron chi connectivity index (χ2n) is 7.06. The number of hydrogen-bond donors (Lipinski definition) is 1. The highest BCUT2D eigenvalue weighted by atomic mass is 35.5. The molecule has 1 aliphatic heterocycles. The second-order valence-corrected chi connectivity index (χ2v) is 7.06. The second kappa shape index (κ2) is 10.1. The van der Waals surface area contributed by atoms with Crippen LogP contribution >= 0.6 is 24.8 Å². The Morgan fingerprint density at radius 1 is 1.23 bits per heavy atom. The fraction of sp³-hybridized carbons (Fsp3) is 0.500. The third-order valence-electron chi connectivity index (χ3n) is 4.95. The van der Waals surface area contributed by atoms with E-state index in [9.17, 15) is 4.79 Å². The van der Waals surface area contributed by atoms with Crippen LogP contribution in [0.15, 0.2) is 30.3 Å². The highest BCUT2D eigenvalue weighted by Crippen LogP contribution is 2.25. The van der Waals surface area contributed by atoms with Crippen LogP contribution in [0.5, 0.6) is 0 Å². The average Bonchev–Trinajstić information content (AvgIpc) is 2.61. The van der Waals surface area contributed by atoms with Crippen LogP contribution in [0.25, 0.3) is 10.9 Å². The number of aromatic nitrogens is 1. The van der Waals surface area contributed by atoms with Crippen LogP contribution < -0.4 is 5.32 Å². The van der Waals surface area contributed by atoms with Crippen molar-refractivity contribution in [1.29, 1.82) is 0 Å². The van der Waals surface area contributed by atoms with Gasteiger partial charge in [-0.25, -0.2) is 0 Å². The van der Waals surface area contributed by atoms with E-state index in [0.717, 1.165) is 54.6 Å². The number of piperidine rings is 1. The number of para-hydroxylation sites is 1. The Morgan fingerprint density at radius 2 is 1.88 bits per heavy atom. The van der Waals surface area contributed by atoms with Crippen LogP contribution in [0.2, 0.25) is 0 Å². The summed E-state index contributed by atoms with van der Waals surface area (Å²) in [4.78, 5) is 19.9. The number of hydrogen-bond acceptors (Lipinski definition) is 3.